The molecule has 0 saturated carbocycles. The van der Waals surface area contributed by atoms with E-state index in [9.17, 15) is 4.79 Å². The molecule has 0 radical (unpaired) electrons. The van der Waals surface area contributed by atoms with Crippen molar-refractivity contribution in [2.75, 3.05) is 0 Å². The van der Waals surface area contributed by atoms with E-state index in [-0.39, 0.29) is 11.3 Å². The second kappa shape index (κ2) is 8.66. The molecule has 1 atom stereocenters. The average Bonchev–Trinajstić information content (AvgIpc) is 2.72. The van der Waals surface area contributed by atoms with Gasteiger partial charge in [-0.3, -0.25) is 4.79 Å². The van der Waals surface area contributed by atoms with Crippen molar-refractivity contribution in [2.45, 2.75) is 58.8 Å². The highest BCUT2D eigenvalue weighted by Gasteiger charge is 2.47. The molecule has 0 bridgehead atoms. The predicted octanol–water partition coefficient (Wildman–Crippen LogP) is 5.06. The Kier molecular flexibility index (Phi) is 7.21. The molecule has 0 aromatic rings. The number of amides is 1. The molecule has 1 unspecified atom stereocenters. The maximum absolute atomic E-state index is 12.7. The predicted molar refractivity (Wildman–Crippen MR) is 90.8 cm³/mol. The molecule has 0 aromatic carbocycles. The lowest BCUT2D eigenvalue weighted by Gasteiger charge is -2.28. The molecular formula is C19H29NO. The summed E-state index contributed by atoms with van der Waals surface area (Å²) in [7, 11) is 0. The zero-order chi connectivity index (χ0) is 15.7. The first-order valence-electron chi connectivity index (χ1n) is 8.14. The molecule has 1 fully saturated rings. The number of hydrogen-bond donors (Lipinski definition) is 1. The van der Waals surface area contributed by atoms with Crippen LogP contribution in [0.3, 0.4) is 0 Å². The Bertz CT molecular complexity index is 444. The number of carbonyl (C=O) groups excluding carboxylic acids is 1. The Morgan fingerprint density at radius 2 is 1.62 bits per heavy atom. The molecule has 2 heteroatoms. The van der Waals surface area contributed by atoms with E-state index in [2.05, 4.69) is 32.3 Å². The number of hydrogen-bond acceptors (Lipinski definition) is 1. The van der Waals surface area contributed by atoms with Gasteiger partial charge in [-0.1, -0.05) is 77.3 Å². The van der Waals surface area contributed by atoms with E-state index >= 15 is 0 Å². The van der Waals surface area contributed by atoms with Crippen LogP contribution in [-0.2, 0) is 4.79 Å². The van der Waals surface area contributed by atoms with Crippen LogP contribution in [0.15, 0.2) is 48.7 Å². The van der Waals surface area contributed by atoms with Crippen molar-refractivity contribution < 1.29 is 4.79 Å². The molecule has 2 nitrogen and oxygen atoms in total. The third-order valence-electron chi connectivity index (χ3n) is 4.22. The first-order valence-corrected chi connectivity index (χ1v) is 8.14. The lowest BCUT2D eigenvalue weighted by molar-refractivity contribution is -0.127. The van der Waals surface area contributed by atoms with Gasteiger partial charge in [-0.25, -0.2) is 0 Å². The minimum absolute atomic E-state index is 0.147. The summed E-state index contributed by atoms with van der Waals surface area (Å²) in [6, 6.07) is 0. The van der Waals surface area contributed by atoms with Crippen molar-refractivity contribution in [1.82, 2.24) is 5.32 Å². The largest absolute Gasteiger partial charge is 0.325 e. The summed E-state index contributed by atoms with van der Waals surface area (Å²) in [5.41, 5.74) is 1.60. The fourth-order valence-electron chi connectivity index (χ4n) is 3.08. The van der Waals surface area contributed by atoms with Gasteiger partial charge in [-0.2, -0.15) is 0 Å². The van der Waals surface area contributed by atoms with Crippen molar-refractivity contribution in [3.8, 4) is 0 Å². The van der Waals surface area contributed by atoms with Crippen LogP contribution < -0.4 is 5.32 Å². The first-order chi connectivity index (χ1) is 10.2. The van der Waals surface area contributed by atoms with E-state index < -0.39 is 0 Å². The number of nitrogens with one attached hydrogen (secondary N) is 1. The monoisotopic (exact) mass is 287 g/mol. The zero-order valence-corrected chi connectivity index (χ0v) is 13.6. The highest BCUT2D eigenvalue weighted by atomic mass is 16.2. The molecule has 21 heavy (non-hydrogen) atoms. The number of allylic oxidation sites excluding steroid dienone is 5. The standard InChI is InChI=1S/C19H29NO/c1-5-9-11-15-19(14-10-6-2)16(12-7-3)17(13-8-4)20-18(19)21/h7-8,12-13H,3-6,9-11,14-15H2,1-2H3,(H,20,21)/b16-12+,17-13+. The Balaban J connectivity index is 3.18. The summed E-state index contributed by atoms with van der Waals surface area (Å²) < 4.78 is 0. The van der Waals surface area contributed by atoms with Crippen molar-refractivity contribution in [2.24, 2.45) is 5.41 Å². The molecule has 0 aliphatic carbocycles. The number of rotatable bonds is 9. The van der Waals surface area contributed by atoms with E-state index in [1.54, 1.807) is 12.2 Å². The van der Waals surface area contributed by atoms with Gasteiger partial charge in [-0.15, -0.1) is 0 Å². The maximum Gasteiger partial charge on any atom is 0.235 e. The van der Waals surface area contributed by atoms with Crippen LogP contribution in [0.2, 0.25) is 0 Å². The Morgan fingerprint density at radius 1 is 1.00 bits per heavy atom. The lowest BCUT2D eigenvalue weighted by atomic mass is 9.72. The van der Waals surface area contributed by atoms with E-state index in [4.69, 9.17) is 0 Å². The molecule has 1 amide bonds. The van der Waals surface area contributed by atoms with Gasteiger partial charge in [0.25, 0.3) is 0 Å². The minimum Gasteiger partial charge on any atom is -0.325 e. The smallest absolute Gasteiger partial charge is 0.235 e. The molecule has 116 valence electrons. The van der Waals surface area contributed by atoms with Crippen molar-refractivity contribution >= 4 is 5.91 Å². The fourth-order valence-corrected chi connectivity index (χ4v) is 3.08. The zero-order valence-electron chi connectivity index (χ0n) is 13.6. The quantitative estimate of drug-likeness (QED) is 0.590. The molecule has 1 heterocycles. The SMILES string of the molecule is C=C/C=C1\C(=C/C=C)NC(=O)C1(CCCC)CCCCC. The van der Waals surface area contributed by atoms with Gasteiger partial charge in [0, 0.05) is 5.70 Å². The number of carbonyl (C=O) groups is 1. The first kappa shape index (κ1) is 17.5. The van der Waals surface area contributed by atoms with Gasteiger partial charge >= 0.3 is 0 Å². The molecule has 0 spiro atoms. The highest BCUT2D eigenvalue weighted by molar-refractivity contribution is 5.94. The second-order valence-corrected chi connectivity index (χ2v) is 5.73. The Morgan fingerprint density at radius 3 is 2.19 bits per heavy atom. The summed E-state index contributed by atoms with van der Waals surface area (Å²) in [6.07, 6.45) is 14.8. The van der Waals surface area contributed by atoms with E-state index in [0.717, 1.165) is 43.4 Å². The van der Waals surface area contributed by atoms with Crippen molar-refractivity contribution in [3.63, 3.8) is 0 Å². The highest BCUT2D eigenvalue weighted by Crippen LogP contribution is 2.46. The normalized spacial score (nSPS) is 25.3. The summed E-state index contributed by atoms with van der Waals surface area (Å²) >= 11 is 0. The van der Waals surface area contributed by atoms with Gasteiger partial charge in [0.15, 0.2) is 0 Å². The average molecular weight is 287 g/mol. The molecule has 1 aliphatic rings. The third-order valence-corrected chi connectivity index (χ3v) is 4.22. The van der Waals surface area contributed by atoms with Gasteiger partial charge in [0.1, 0.15) is 0 Å². The van der Waals surface area contributed by atoms with Crippen LogP contribution in [0.4, 0.5) is 0 Å². The minimum atomic E-state index is -0.381. The number of unbranched alkanes of at least 4 members (excludes halogenated alkanes) is 3. The van der Waals surface area contributed by atoms with Crippen molar-refractivity contribution in [1.29, 1.82) is 0 Å². The molecule has 0 aromatic heterocycles. The lowest BCUT2D eigenvalue weighted by Crippen LogP contribution is -2.32. The van der Waals surface area contributed by atoms with Gasteiger partial charge < -0.3 is 5.32 Å². The Hall–Kier alpha value is -1.57. The Labute approximate surface area is 129 Å². The van der Waals surface area contributed by atoms with Gasteiger partial charge in [-0.05, 0) is 24.5 Å². The van der Waals surface area contributed by atoms with Crippen LogP contribution >= 0.6 is 0 Å². The van der Waals surface area contributed by atoms with E-state index in [0.29, 0.717) is 0 Å². The fraction of sp³-hybridized carbons (Fsp3) is 0.526. The summed E-state index contributed by atoms with van der Waals surface area (Å²) in [5, 5.41) is 3.05. The molecule has 1 saturated heterocycles. The second-order valence-electron chi connectivity index (χ2n) is 5.73. The van der Waals surface area contributed by atoms with Crippen LogP contribution in [0.25, 0.3) is 0 Å². The molecule has 1 N–H and O–H groups in total. The van der Waals surface area contributed by atoms with Gasteiger partial charge in [0.05, 0.1) is 5.41 Å². The molecular weight excluding hydrogens is 258 g/mol. The van der Waals surface area contributed by atoms with Crippen LogP contribution in [0.5, 0.6) is 0 Å². The summed E-state index contributed by atoms with van der Waals surface area (Å²) in [5.74, 6) is 0.147. The maximum atomic E-state index is 12.7. The summed E-state index contributed by atoms with van der Waals surface area (Å²) in [4.78, 5) is 12.7. The van der Waals surface area contributed by atoms with Gasteiger partial charge in [0.2, 0.25) is 5.91 Å². The van der Waals surface area contributed by atoms with Crippen molar-refractivity contribution in [3.05, 3.63) is 48.7 Å². The topological polar surface area (TPSA) is 29.1 Å². The van der Waals surface area contributed by atoms with Crippen LogP contribution in [0, 0.1) is 5.41 Å². The summed E-state index contributed by atoms with van der Waals surface area (Å²) in [6.45, 7) is 11.9. The molecule has 1 rings (SSSR count). The van der Waals surface area contributed by atoms with E-state index in [1.165, 1.54) is 12.8 Å². The molecule has 1 aliphatic heterocycles. The van der Waals surface area contributed by atoms with Crippen LogP contribution in [-0.4, -0.2) is 5.91 Å². The third kappa shape index (κ3) is 3.96. The van der Waals surface area contributed by atoms with Crippen LogP contribution in [0.1, 0.15) is 58.8 Å². The van der Waals surface area contributed by atoms with E-state index in [1.807, 2.05) is 12.2 Å².